The summed E-state index contributed by atoms with van der Waals surface area (Å²) in [6, 6.07) is 10.2. The van der Waals surface area contributed by atoms with Crippen LogP contribution in [-0.4, -0.2) is 42.2 Å². The molecule has 2 fully saturated rings. The Kier molecular flexibility index (Phi) is 4.32. The molecule has 0 amide bonds. The summed E-state index contributed by atoms with van der Waals surface area (Å²) in [4.78, 5) is 13.9. The van der Waals surface area contributed by atoms with E-state index in [0.717, 1.165) is 49.9 Å². The van der Waals surface area contributed by atoms with E-state index in [-0.39, 0.29) is 5.97 Å². The quantitative estimate of drug-likeness (QED) is 0.672. The summed E-state index contributed by atoms with van der Waals surface area (Å²) in [5, 5.41) is 11.1. The summed E-state index contributed by atoms with van der Waals surface area (Å²) in [5.41, 5.74) is 1.37. The van der Waals surface area contributed by atoms with Crippen LogP contribution in [0.4, 0.5) is 0 Å². The van der Waals surface area contributed by atoms with Gasteiger partial charge in [-0.05, 0) is 31.2 Å². The van der Waals surface area contributed by atoms with Crippen molar-refractivity contribution in [1.29, 1.82) is 0 Å². The monoisotopic (exact) mass is 301 g/mol. The molecule has 1 aromatic rings. The Morgan fingerprint density at radius 3 is 2.86 bits per heavy atom. The smallest absolute Gasteiger partial charge is 0.330 e. The van der Waals surface area contributed by atoms with Crippen molar-refractivity contribution < 1.29 is 14.6 Å². The molecule has 22 heavy (non-hydrogen) atoms. The number of fused-ring (bicyclic) bond motifs is 1. The topological polar surface area (TPSA) is 49.8 Å². The van der Waals surface area contributed by atoms with Gasteiger partial charge in [-0.25, -0.2) is 4.79 Å². The van der Waals surface area contributed by atoms with Crippen molar-refractivity contribution in [3.8, 4) is 0 Å². The molecule has 2 aliphatic rings. The van der Waals surface area contributed by atoms with Crippen LogP contribution in [0.25, 0.3) is 0 Å². The summed E-state index contributed by atoms with van der Waals surface area (Å²) in [6.07, 6.45) is 4.85. The van der Waals surface area contributed by atoms with Crippen molar-refractivity contribution in [3.05, 3.63) is 47.5 Å². The molecule has 0 radical (unpaired) electrons. The average molecular weight is 301 g/mol. The molecule has 0 aromatic heterocycles. The van der Waals surface area contributed by atoms with Crippen molar-refractivity contribution in [3.63, 3.8) is 0 Å². The lowest BCUT2D eigenvalue weighted by atomic mass is 9.77. The van der Waals surface area contributed by atoms with Crippen LogP contribution in [0, 0.1) is 0 Å². The van der Waals surface area contributed by atoms with Crippen LogP contribution in [0.2, 0.25) is 0 Å². The highest BCUT2D eigenvalue weighted by Gasteiger charge is 2.40. The van der Waals surface area contributed by atoms with Gasteiger partial charge in [0.1, 0.15) is 0 Å². The van der Waals surface area contributed by atoms with E-state index in [0.29, 0.717) is 6.04 Å². The minimum absolute atomic E-state index is 0.280. The molecule has 3 rings (SSSR count). The molecule has 118 valence electrons. The van der Waals surface area contributed by atoms with E-state index in [1.54, 1.807) is 6.08 Å². The largest absolute Gasteiger partial charge is 0.466 e. The first-order valence-electron chi connectivity index (χ1n) is 7.90. The Labute approximate surface area is 131 Å². The van der Waals surface area contributed by atoms with Gasteiger partial charge in [-0.3, -0.25) is 4.90 Å². The van der Waals surface area contributed by atoms with E-state index in [4.69, 9.17) is 4.74 Å². The third-order valence-electron chi connectivity index (χ3n) is 4.95. The molecule has 0 saturated carbocycles. The van der Waals surface area contributed by atoms with Gasteiger partial charge in [0.25, 0.3) is 0 Å². The van der Waals surface area contributed by atoms with Crippen molar-refractivity contribution >= 4 is 5.97 Å². The predicted octanol–water partition coefficient (Wildman–Crippen LogP) is 2.23. The third kappa shape index (κ3) is 3.08. The van der Waals surface area contributed by atoms with Crippen LogP contribution in [0.1, 0.15) is 31.2 Å². The number of aliphatic hydroxyl groups is 1. The fraction of sp³-hybridized carbons (Fsp3) is 0.500. The SMILES string of the molecule is COC(=O)/C=C1/CCN2CCC(O)(c3ccccc3)CC2C1. The molecular formula is C18H23NO3. The summed E-state index contributed by atoms with van der Waals surface area (Å²) < 4.78 is 4.72. The molecule has 0 aliphatic carbocycles. The van der Waals surface area contributed by atoms with Crippen LogP contribution in [0.3, 0.4) is 0 Å². The van der Waals surface area contributed by atoms with Crippen LogP contribution in [0.5, 0.6) is 0 Å². The van der Waals surface area contributed by atoms with Crippen LogP contribution in [-0.2, 0) is 15.1 Å². The lowest BCUT2D eigenvalue weighted by Gasteiger charge is -2.47. The molecule has 2 atom stereocenters. The van der Waals surface area contributed by atoms with Gasteiger partial charge in [0.15, 0.2) is 0 Å². The number of hydrogen-bond donors (Lipinski definition) is 1. The van der Waals surface area contributed by atoms with Crippen LogP contribution >= 0.6 is 0 Å². The molecule has 0 bridgehead atoms. The standard InChI is InChI=1S/C18H23NO3/c1-22-17(20)12-14-7-9-19-10-8-18(21,13-16(19)11-14)15-5-3-2-4-6-15/h2-6,12,16,21H,7-11,13H2,1H3/b14-12-. The maximum absolute atomic E-state index is 11.4. The lowest BCUT2D eigenvalue weighted by Crippen LogP contribution is -2.51. The Morgan fingerprint density at radius 2 is 2.14 bits per heavy atom. The number of carbonyl (C=O) groups excluding carboxylic acids is 1. The fourth-order valence-electron chi connectivity index (χ4n) is 3.69. The van der Waals surface area contributed by atoms with Gasteiger partial charge in [0.05, 0.1) is 12.7 Å². The molecule has 0 spiro atoms. The van der Waals surface area contributed by atoms with Crippen molar-refractivity contribution in [2.75, 3.05) is 20.2 Å². The molecule has 2 saturated heterocycles. The number of carbonyl (C=O) groups is 1. The van der Waals surface area contributed by atoms with Crippen LogP contribution < -0.4 is 0 Å². The van der Waals surface area contributed by atoms with Gasteiger partial charge < -0.3 is 9.84 Å². The number of ether oxygens (including phenoxy) is 1. The Balaban J connectivity index is 1.75. The molecule has 1 aromatic carbocycles. The summed E-state index contributed by atoms with van der Waals surface area (Å²) in [5.74, 6) is -0.280. The normalized spacial score (nSPS) is 30.8. The Bertz CT molecular complexity index is 569. The zero-order valence-electron chi connectivity index (χ0n) is 13.0. The van der Waals surface area contributed by atoms with Gasteiger partial charge in [0.2, 0.25) is 0 Å². The Hall–Kier alpha value is -1.65. The lowest BCUT2D eigenvalue weighted by molar-refractivity contribution is -0.134. The molecule has 2 unspecified atom stereocenters. The number of nitrogens with zero attached hydrogens (tertiary/aromatic N) is 1. The second-order valence-corrected chi connectivity index (χ2v) is 6.32. The van der Waals surface area contributed by atoms with E-state index < -0.39 is 5.60 Å². The van der Waals surface area contributed by atoms with Crippen molar-refractivity contribution in [2.45, 2.75) is 37.3 Å². The number of hydrogen-bond acceptors (Lipinski definition) is 4. The van der Waals surface area contributed by atoms with E-state index in [9.17, 15) is 9.90 Å². The second-order valence-electron chi connectivity index (χ2n) is 6.32. The second kappa shape index (κ2) is 6.23. The zero-order valence-corrected chi connectivity index (χ0v) is 13.0. The molecular weight excluding hydrogens is 278 g/mol. The molecule has 4 heteroatoms. The number of benzene rings is 1. The first-order valence-corrected chi connectivity index (χ1v) is 7.90. The minimum Gasteiger partial charge on any atom is -0.466 e. The average Bonchev–Trinajstić information content (AvgIpc) is 2.55. The fourth-order valence-corrected chi connectivity index (χ4v) is 3.69. The molecule has 1 N–H and O–H groups in total. The highest BCUT2D eigenvalue weighted by molar-refractivity contribution is 5.82. The van der Waals surface area contributed by atoms with Gasteiger partial charge in [-0.1, -0.05) is 35.9 Å². The number of methoxy groups -OCH3 is 1. The first-order chi connectivity index (χ1) is 10.6. The Morgan fingerprint density at radius 1 is 1.36 bits per heavy atom. The number of piperidine rings is 2. The van der Waals surface area contributed by atoms with E-state index in [2.05, 4.69) is 4.90 Å². The first kappa shape index (κ1) is 15.3. The molecule has 4 nitrogen and oxygen atoms in total. The predicted molar refractivity (Wildman–Crippen MR) is 84.3 cm³/mol. The summed E-state index contributed by atoms with van der Waals surface area (Å²) in [7, 11) is 1.41. The van der Waals surface area contributed by atoms with Crippen molar-refractivity contribution in [1.82, 2.24) is 4.90 Å². The maximum atomic E-state index is 11.4. The van der Waals surface area contributed by atoms with E-state index in [1.165, 1.54) is 7.11 Å². The minimum atomic E-state index is -0.754. The summed E-state index contributed by atoms with van der Waals surface area (Å²) in [6.45, 7) is 1.86. The van der Waals surface area contributed by atoms with Gasteiger partial charge >= 0.3 is 5.97 Å². The third-order valence-corrected chi connectivity index (χ3v) is 4.95. The maximum Gasteiger partial charge on any atom is 0.330 e. The van der Waals surface area contributed by atoms with E-state index in [1.807, 2.05) is 30.3 Å². The van der Waals surface area contributed by atoms with Gasteiger partial charge in [0, 0.05) is 25.2 Å². The van der Waals surface area contributed by atoms with Gasteiger partial charge in [-0.15, -0.1) is 0 Å². The number of rotatable bonds is 2. The van der Waals surface area contributed by atoms with Crippen molar-refractivity contribution in [2.24, 2.45) is 0 Å². The molecule has 2 aliphatic heterocycles. The molecule has 2 heterocycles. The summed E-state index contributed by atoms with van der Waals surface area (Å²) >= 11 is 0. The highest BCUT2D eigenvalue weighted by Crippen LogP contribution is 2.39. The number of esters is 1. The van der Waals surface area contributed by atoms with E-state index >= 15 is 0 Å². The van der Waals surface area contributed by atoms with Gasteiger partial charge in [-0.2, -0.15) is 0 Å². The van der Waals surface area contributed by atoms with Crippen LogP contribution in [0.15, 0.2) is 42.0 Å². The highest BCUT2D eigenvalue weighted by atomic mass is 16.5. The zero-order chi connectivity index (χ0) is 15.6.